The number of aryl methyl sites for hydroxylation is 1. The molecule has 216 valence electrons. The van der Waals surface area contributed by atoms with Crippen LogP contribution in [0.4, 0.5) is 4.39 Å². The Hall–Kier alpha value is -4.21. The van der Waals surface area contributed by atoms with E-state index >= 15 is 0 Å². The molecule has 5 rings (SSSR count). The van der Waals surface area contributed by atoms with Gasteiger partial charge in [0.05, 0.1) is 40.6 Å². The predicted octanol–water partition coefficient (Wildman–Crippen LogP) is 5.49. The number of thiazole rings is 1. The zero-order chi connectivity index (χ0) is 30.0. The molecule has 1 atom stereocenters. The molecule has 0 N–H and O–H groups in total. The minimum Gasteiger partial charge on any atom is -0.493 e. The molecule has 0 spiro atoms. The van der Waals surface area contributed by atoms with Gasteiger partial charge in [0.25, 0.3) is 5.56 Å². The van der Waals surface area contributed by atoms with Crippen molar-refractivity contribution in [2.75, 3.05) is 13.7 Å². The summed E-state index contributed by atoms with van der Waals surface area (Å²) >= 11 is 7.78. The minimum atomic E-state index is -0.699. The highest BCUT2D eigenvalue weighted by molar-refractivity contribution is 7.07. The molecule has 0 saturated heterocycles. The average Bonchev–Trinajstić information content (AvgIpc) is 3.26. The normalized spacial score (nSPS) is 14.8. The molecule has 0 radical (unpaired) electrons. The lowest BCUT2D eigenvalue weighted by Gasteiger charge is -2.24. The SMILES string of the molecule is CCOC(=O)C1=C(C)N=c2s/c(=C/c3cc(Cl)c(OCc4ccccc4F)c(OC)c3)c(=O)n2[C@@H]1c1ccc(C)cc1. The number of ether oxygens (including phenoxy) is 3. The number of rotatable bonds is 8. The second-order valence-corrected chi connectivity index (χ2v) is 11.0. The van der Waals surface area contributed by atoms with Crippen molar-refractivity contribution in [1.29, 1.82) is 0 Å². The highest BCUT2D eigenvalue weighted by Crippen LogP contribution is 2.37. The Morgan fingerprint density at radius 1 is 1.14 bits per heavy atom. The maximum absolute atomic E-state index is 14.1. The van der Waals surface area contributed by atoms with Crippen molar-refractivity contribution >= 4 is 35.0 Å². The lowest BCUT2D eigenvalue weighted by Crippen LogP contribution is -2.39. The molecule has 4 aromatic rings. The Labute approximate surface area is 250 Å². The average molecular weight is 607 g/mol. The van der Waals surface area contributed by atoms with Crippen LogP contribution in [0.2, 0.25) is 5.02 Å². The van der Waals surface area contributed by atoms with Gasteiger partial charge in [-0.3, -0.25) is 9.36 Å². The predicted molar refractivity (Wildman–Crippen MR) is 160 cm³/mol. The van der Waals surface area contributed by atoms with E-state index in [1.54, 1.807) is 50.3 Å². The standard InChI is InChI=1S/C32H28ClFN2O5S/c1-5-40-31(38)27-19(3)35-32-36(28(27)21-12-10-18(2)11-13-21)30(37)26(42-32)16-20-14-23(33)29(25(15-20)39-4)41-17-22-8-6-7-9-24(22)34/h6-16,28H,5,17H2,1-4H3/b26-16+/t28-/m1/s1. The molecule has 1 aromatic heterocycles. The lowest BCUT2D eigenvalue weighted by molar-refractivity contribution is -0.139. The topological polar surface area (TPSA) is 79.1 Å². The van der Waals surface area contributed by atoms with Gasteiger partial charge in [0, 0.05) is 5.56 Å². The number of esters is 1. The highest BCUT2D eigenvalue weighted by atomic mass is 35.5. The number of hydrogen-bond donors (Lipinski definition) is 0. The maximum atomic E-state index is 14.1. The molecule has 0 saturated carbocycles. The van der Waals surface area contributed by atoms with E-state index in [4.69, 9.17) is 25.8 Å². The van der Waals surface area contributed by atoms with Crippen LogP contribution < -0.4 is 24.4 Å². The quantitative estimate of drug-likeness (QED) is 0.248. The summed E-state index contributed by atoms with van der Waals surface area (Å²) < 4.78 is 32.7. The number of fused-ring (bicyclic) bond motifs is 1. The molecule has 1 aliphatic heterocycles. The third kappa shape index (κ3) is 5.75. The Morgan fingerprint density at radius 2 is 1.88 bits per heavy atom. The smallest absolute Gasteiger partial charge is 0.338 e. The molecule has 10 heteroatoms. The van der Waals surface area contributed by atoms with Gasteiger partial charge >= 0.3 is 5.97 Å². The van der Waals surface area contributed by atoms with Crippen LogP contribution in [0.1, 0.15) is 42.1 Å². The van der Waals surface area contributed by atoms with E-state index in [0.717, 1.165) is 11.1 Å². The van der Waals surface area contributed by atoms with Crippen molar-refractivity contribution in [1.82, 2.24) is 4.57 Å². The summed E-state index contributed by atoms with van der Waals surface area (Å²) in [5.74, 6) is -0.308. The van der Waals surface area contributed by atoms with Crippen LogP contribution in [0.5, 0.6) is 11.5 Å². The van der Waals surface area contributed by atoms with Crippen LogP contribution >= 0.6 is 22.9 Å². The molecule has 0 amide bonds. The van der Waals surface area contributed by atoms with Crippen LogP contribution in [-0.2, 0) is 16.1 Å². The van der Waals surface area contributed by atoms with E-state index in [2.05, 4.69) is 4.99 Å². The van der Waals surface area contributed by atoms with Crippen molar-refractivity contribution in [3.8, 4) is 11.5 Å². The fourth-order valence-electron chi connectivity index (χ4n) is 4.74. The summed E-state index contributed by atoms with van der Waals surface area (Å²) in [6.07, 6.45) is 1.69. The van der Waals surface area contributed by atoms with Crippen molar-refractivity contribution in [2.24, 2.45) is 4.99 Å². The van der Waals surface area contributed by atoms with Crippen LogP contribution in [0.3, 0.4) is 0 Å². The summed E-state index contributed by atoms with van der Waals surface area (Å²) in [5.41, 5.74) is 3.29. The molecule has 0 fully saturated rings. The first-order chi connectivity index (χ1) is 20.2. The summed E-state index contributed by atoms with van der Waals surface area (Å²) in [6, 6.07) is 16.6. The highest BCUT2D eigenvalue weighted by Gasteiger charge is 2.33. The van der Waals surface area contributed by atoms with Gasteiger partial charge in [-0.2, -0.15) is 0 Å². The Kier molecular flexibility index (Phi) is 8.61. The summed E-state index contributed by atoms with van der Waals surface area (Å²) in [4.78, 5) is 32.0. The molecule has 0 bridgehead atoms. The number of carbonyl (C=O) groups excluding carboxylic acids is 1. The minimum absolute atomic E-state index is 0.0398. The number of nitrogens with zero attached hydrogens (tertiary/aromatic N) is 2. The molecule has 42 heavy (non-hydrogen) atoms. The zero-order valence-electron chi connectivity index (χ0n) is 23.4. The van der Waals surface area contributed by atoms with Crippen LogP contribution in [0, 0.1) is 12.7 Å². The number of benzene rings is 3. The fraction of sp³-hybridized carbons (Fsp3) is 0.219. The first kappa shape index (κ1) is 29.3. The van der Waals surface area contributed by atoms with Crippen molar-refractivity contribution in [2.45, 2.75) is 33.4 Å². The van der Waals surface area contributed by atoms with Crippen LogP contribution in [-0.4, -0.2) is 24.3 Å². The van der Waals surface area contributed by atoms with E-state index in [-0.39, 0.29) is 35.4 Å². The first-order valence-corrected chi connectivity index (χ1v) is 14.4. The number of carbonyl (C=O) groups is 1. The third-order valence-corrected chi connectivity index (χ3v) is 8.05. The number of aromatic nitrogens is 1. The van der Waals surface area contributed by atoms with Gasteiger partial charge in [0.2, 0.25) is 0 Å². The number of allylic oxidation sites excluding steroid dienone is 1. The maximum Gasteiger partial charge on any atom is 0.338 e. The molecule has 1 aliphatic rings. The molecular weight excluding hydrogens is 579 g/mol. The van der Waals surface area contributed by atoms with E-state index in [9.17, 15) is 14.0 Å². The van der Waals surface area contributed by atoms with E-state index in [0.29, 0.717) is 37.5 Å². The second kappa shape index (κ2) is 12.3. The molecule has 3 aromatic carbocycles. The molecule has 0 unspecified atom stereocenters. The number of hydrogen-bond acceptors (Lipinski definition) is 7. The van der Waals surface area contributed by atoms with Crippen molar-refractivity contribution in [3.63, 3.8) is 0 Å². The van der Waals surface area contributed by atoms with Gasteiger partial charge in [-0.15, -0.1) is 0 Å². The summed E-state index contributed by atoms with van der Waals surface area (Å²) in [5, 5.41) is 0.239. The first-order valence-electron chi connectivity index (χ1n) is 13.2. The largest absolute Gasteiger partial charge is 0.493 e. The number of methoxy groups -OCH3 is 1. The number of halogens is 2. The lowest BCUT2D eigenvalue weighted by atomic mass is 9.95. The van der Waals surface area contributed by atoms with Crippen molar-refractivity contribution in [3.05, 3.63) is 125 Å². The molecule has 2 heterocycles. The molecule has 0 aliphatic carbocycles. The molecular formula is C32H28ClFN2O5S. The van der Waals surface area contributed by atoms with Gasteiger partial charge in [0.15, 0.2) is 16.3 Å². The van der Waals surface area contributed by atoms with Gasteiger partial charge in [-0.25, -0.2) is 14.2 Å². The third-order valence-electron chi connectivity index (χ3n) is 6.79. The summed E-state index contributed by atoms with van der Waals surface area (Å²) in [6.45, 7) is 5.61. The summed E-state index contributed by atoms with van der Waals surface area (Å²) in [7, 11) is 1.47. The van der Waals surface area contributed by atoms with Gasteiger partial charge in [-0.05, 0) is 56.2 Å². The monoisotopic (exact) mass is 606 g/mol. The zero-order valence-corrected chi connectivity index (χ0v) is 25.0. The van der Waals surface area contributed by atoms with E-state index in [1.165, 1.54) is 29.1 Å². The van der Waals surface area contributed by atoms with Crippen LogP contribution in [0.25, 0.3) is 6.08 Å². The fourth-order valence-corrected chi connectivity index (χ4v) is 6.06. The van der Waals surface area contributed by atoms with Gasteiger partial charge in [0.1, 0.15) is 12.4 Å². The second-order valence-electron chi connectivity index (χ2n) is 9.63. The van der Waals surface area contributed by atoms with Gasteiger partial charge < -0.3 is 14.2 Å². The molecule has 7 nitrogen and oxygen atoms in total. The van der Waals surface area contributed by atoms with E-state index < -0.39 is 12.0 Å². The van der Waals surface area contributed by atoms with Crippen LogP contribution in [0.15, 0.2) is 81.7 Å². The Morgan fingerprint density at radius 3 is 2.57 bits per heavy atom. The Bertz CT molecular complexity index is 1880. The van der Waals surface area contributed by atoms with Crippen molar-refractivity contribution < 1.29 is 23.4 Å². The van der Waals surface area contributed by atoms with E-state index in [1.807, 2.05) is 31.2 Å². The Balaban J connectivity index is 1.58. The van der Waals surface area contributed by atoms with Gasteiger partial charge in [-0.1, -0.05) is 71.0 Å².